The lowest BCUT2D eigenvalue weighted by Crippen LogP contribution is -2.05. The van der Waals surface area contributed by atoms with E-state index in [9.17, 15) is 9.90 Å². The SMILES string of the molecule is O=c1c(O)c(-c2ccccc2)[nH]c2ccc(Cl)c(Cl)c12. The van der Waals surface area contributed by atoms with Crippen LogP contribution in [-0.4, -0.2) is 10.1 Å². The summed E-state index contributed by atoms with van der Waals surface area (Å²) in [6, 6.07) is 12.4. The van der Waals surface area contributed by atoms with E-state index >= 15 is 0 Å². The highest BCUT2D eigenvalue weighted by molar-refractivity contribution is 6.45. The largest absolute Gasteiger partial charge is 0.503 e. The Kier molecular flexibility index (Phi) is 3.16. The van der Waals surface area contributed by atoms with Crippen LogP contribution in [0.5, 0.6) is 5.75 Å². The van der Waals surface area contributed by atoms with Gasteiger partial charge in [-0.05, 0) is 12.1 Å². The van der Waals surface area contributed by atoms with Gasteiger partial charge in [0.1, 0.15) is 0 Å². The normalized spacial score (nSPS) is 10.9. The lowest BCUT2D eigenvalue weighted by molar-refractivity contribution is 0.471. The Morgan fingerprint density at radius 1 is 1.00 bits per heavy atom. The minimum Gasteiger partial charge on any atom is -0.503 e. The second-order valence-corrected chi connectivity index (χ2v) is 5.11. The predicted molar refractivity (Wildman–Crippen MR) is 81.7 cm³/mol. The monoisotopic (exact) mass is 305 g/mol. The van der Waals surface area contributed by atoms with Crippen molar-refractivity contribution in [3.8, 4) is 17.0 Å². The summed E-state index contributed by atoms with van der Waals surface area (Å²) in [5.41, 5.74) is 1.07. The average Bonchev–Trinajstić information content (AvgIpc) is 2.47. The number of hydrogen-bond acceptors (Lipinski definition) is 2. The smallest absolute Gasteiger partial charge is 0.233 e. The number of aromatic amines is 1. The molecule has 2 aromatic carbocycles. The second-order valence-electron chi connectivity index (χ2n) is 4.33. The lowest BCUT2D eigenvalue weighted by Gasteiger charge is -2.09. The first-order chi connectivity index (χ1) is 9.59. The number of aromatic nitrogens is 1. The van der Waals surface area contributed by atoms with Crippen molar-refractivity contribution in [1.82, 2.24) is 4.98 Å². The van der Waals surface area contributed by atoms with E-state index in [1.165, 1.54) is 0 Å². The van der Waals surface area contributed by atoms with Crippen molar-refractivity contribution in [3.05, 3.63) is 62.7 Å². The van der Waals surface area contributed by atoms with Crippen molar-refractivity contribution in [3.63, 3.8) is 0 Å². The minimum atomic E-state index is -0.537. The third-order valence-electron chi connectivity index (χ3n) is 3.10. The Balaban J connectivity index is 2.42. The molecular weight excluding hydrogens is 297 g/mol. The molecule has 3 aromatic rings. The van der Waals surface area contributed by atoms with E-state index in [1.54, 1.807) is 24.3 Å². The van der Waals surface area contributed by atoms with Gasteiger partial charge in [0.05, 0.1) is 26.6 Å². The zero-order valence-corrected chi connectivity index (χ0v) is 11.7. The van der Waals surface area contributed by atoms with Crippen LogP contribution < -0.4 is 5.43 Å². The number of pyridine rings is 1. The second kappa shape index (κ2) is 4.85. The first-order valence-corrected chi connectivity index (χ1v) is 6.63. The maximum absolute atomic E-state index is 12.3. The van der Waals surface area contributed by atoms with Gasteiger partial charge in [-0.3, -0.25) is 4.79 Å². The Bertz CT molecular complexity index is 857. The molecule has 0 aliphatic rings. The lowest BCUT2D eigenvalue weighted by atomic mass is 10.1. The quantitative estimate of drug-likeness (QED) is 0.707. The van der Waals surface area contributed by atoms with Gasteiger partial charge in [0.25, 0.3) is 0 Å². The number of H-pyrrole nitrogens is 1. The van der Waals surface area contributed by atoms with Crippen molar-refractivity contribution in [2.24, 2.45) is 0 Å². The molecule has 3 nitrogen and oxygen atoms in total. The van der Waals surface area contributed by atoms with Gasteiger partial charge in [-0.1, -0.05) is 53.5 Å². The molecule has 0 spiro atoms. The van der Waals surface area contributed by atoms with Gasteiger partial charge in [-0.2, -0.15) is 0 Å². The Hall–Kier alpha value is -1.97. The molecular formula is C15H9Cl2NO2. The molecule has 0 amide bonds. The van der Waals surface area contributed by atoms with Gasteiger partial charge in [0.15, 0.2) is 5.75 Å². The zero-order valence-electron chi connectivity index (χ0n) is 10.2. The zero-order chi connectivity index (χ0) is 14.3. The van der Waals surface area contributed by atoms with Crippen molar-refractivity contribution in [2.45, 2.75) is 0 Å². The summed E-state index contributed by atoms with van der Waals surface area (Å²) >= 11 is 11.9. The first kappa shape index (κ1) is 13.0. The van der Waals surface area contributed by atoms with Crippen molar-refractivity contribution in [2.75, 3.05) is 0 Å². The summed E-state index contributed by atoms with van der Waals surface area (Å²) < 4.78 is 0. The molecule has 0 fully saturated rings. The third-order valence-corrected chi connectivity index (χ3v) is 3.90. The summed E-state index contributed by atoms with van der Waals surface area (Å²) in [5, 5.41) is 10.7. The molecule has 2 N–H and O–H groups in total. The molecule has 3 rings (SSSR count). The van der Waals surface area contributed by atoms with Crippen LogP contribution in [0.4, 0.5) is 0 Å². The van der Waals surface area contributed by atoms with Crippen LogP contribution in [0.1, 0.15) is 0 Å². The molecule has 1 aromatic heterocycles. The predicted octanol–water partition coefficient (Wildman–Crippen LogP) is 4.21. The molecule has 0 atom stereocenters. The molecule has 1 heterocycles. The molecule has 0 aliphatic carbocycles. The number of halogens is 2. The van der Waals surface area contributed by atoms with E-state index in [2.05, 4.69) is 4.98 Å². The maximum Gasteiger partial charge on any atom is 0.233 e. The van der Waals surface area contributed by atoms with E-state index in [4.69, 9.17) is 23.2 Å². The third kappa shape index (κ3) is 1.96. The van der Waals surface area contributed by atoms with Crippen LogP contribution in [0, 0.1) is 0 Å². The molecule has 0 saturated carbocycles. The van der Waals surface area contributed by atoms with E-state index < -0.39 is 5.43 Å². The van der Waals surface area contributed by atoms with Crippen LogP contribution in [0.2, 0.25) is 10.0 Å². The van der Waals surface area contributed by atoms with E-state index in [0.717, 1.165) is 5.56 Å². The van der Waals surface area contributed by atoms with Crippen LogP contribution in [-0.2, 0) is 0 Å². The fourth-order valence-electron chi connectivity index (χ4n) is 2.12. The Morgan fingerprint density at radius 2 is 1.70 bits per heavy atom. The van der Waals surface area contributed by atoms with E-state index in [1.807, 2.05) is 18.2 Å². The topological polar surface area (TPSA) is 53.1 Å². The first-order valence-electron chi connectivity index (χ1n) is 5.88. The van der Waals surface area contributed by atoms with Crippen molar-refractivity contribution >= 4 is 34.1 Å². The molecule has 0 radical (unpaired) electrons. The number of aromatic hydroxyl groups is 1. The number of hydrogen-bond donors (Lipinski definition) is 2. The molecule has 0 bridgehead atoms. The molecule has 0 unspecified atom stereocenters. The fourth-order valence-corrected chi connectivity index (χ4v) is 2.52. The van der Waals surface area contributed by atoms with Gasteiger partial charge in [-0.25, -0.2) is 0 Å². The van der Waals surface area contributed by atoms with Gasteiger partial charge < -0.3 is 10.1 Å². The van der Waals surface area contributed by atoms with Gasteiger partial charge in [-0.15, -0.1) is 0 Å². The minimum absolute atomic E-state index is 0.139. The number of nitrogens with one attached hydrogen (secondary N) is 1. The van der Waals surface area contributed by atoms with Crippen molar-refractivity contribution in [1.29, 1.82) is 0 Å². The average molecular weight is 306 g/mol. The highest BCUT2D eigenvalue weighted by atomic mass is 35.5. The molecule has 5 heteroatoms. The van der Waals surface area contributed by atoms with Crippen LogP contribution in [0.15, 0.2) is 47.3 Å². The van der Waals surface area contributed by atoms with Gasteiger partial charge in [0, 0.05) is 5.56 Å². The maximum atomic E-state index is 12.3. The van der Waals surface area contributed by atoms with E-state index in [0.29, 0.717) is 11.2 Å². The van der Waals surface area contributed by atoms with Crippen molar-refractivity contribution < 1.29 is 5.11 Å². The molecule has 0 aliphatic heterocycles. The molecule has 100 valence electrons. The van der Waals surface area contributed by atoms with Crippen LogP contribution in [0.25, 0.3) is 22.2 Å². The fraction of sp³-hybridized carbons (Fsp3) is 0. The highest BCUT2D eigenvalue weighted by Crippen LogP contribution is 2.32. The van der Waals surface area contributed by atoms with Crippen LogP contribution >= 0.6 is 23.2 Å². The summed E-state index contributed by atoms with van der Waals surface area (Å²) in [6.07, 6.45) is 0. The molecule has 0 saturated heterocycles. The standard InChI is InChI=1S/C15H9Cl2NO2/c16-9-6-7-10-11(12(9)17)14(19)15(20)13(18-10)8-4-2-1-3-5-8/h1-7,20H,(H,18,19). The Morgan fingerprint density at radius 3 is 2.40 bits per heavy atom. The van der Waals surface area contributed by atoms with E-state index in [-0.39, 0.29) is 21.2 Å². The Labute approximate surface area is 124 Å². The van der Waals surface area contributed by atoms with Gasteiger partial charge >= 0.3 is 0 Å². The van der Waals surface area contributed by atoms with Crippen LogP contribution in [0.3, 0.4) is 0 Å². The van der Waals surface area contributed by atoms with Gasteiger partial charge in [0.2, 0.25) is 5.43 Å². The summed E-state index contributed by atoms with van der Waals surface area (Å²) in [6.45, 7) is 0. The summed E-state index contributed by atoms with van der Waals surface area (Å²) in [5.74, 6) is -0.368. The summed E-state index contributed by atoms with van der Waals surface area (Å²) in [7, 11) is 0. The highest BCUT2D eigenvalue weighted by Gasteiger charge is 2.15. The summed E-state index contributed by atoms with van der Waals surface area (Å²) in [4.78, 5) is 15.3. The molecule has 20 heavy (non-hydrogen) atoms. The number of fused-ring (bicyclic) bond motifs is 1. The number of benzene rings is 2. The number of rotatable bonds is 1.